The Labute approximate surface area is 119 Å². The van der Waals surface area contributed by atoms with Crippen molar-refractivity contribution in [3.05, 3.63) is 29.8 Å². The molecular formula is C15H22N2OS. The van der Waals surface area contributed by atoms with Gasteiger partial charge < -0.3 is 10.6 Å². The molecule has 1 unspecified atom stereocenters. The number of amides is 1. The maximum Gasteiger partial charge on any atom is 0.237 e. The highest BCUT2D eigenvalue weighted by Gasteiger charge is 2.21. The second-order valence-corrected chi connectivity index (χ2v) is 6.68. The number of rotatable bonds is 4. The Balaban J connectivity index is 1.87. The molecule has 2 N–H and O–H groups in total. The minimum atomic E-state index is 0.00251. The standard InChI is InChI=1S/C15H22N2OS/c1-11-5-3-4-6-14(11)17-15(18)12(2)19-13-7-9-16-10-8-13/h3-6,12-13,16H,7-10H2,1-2H3,(H,17,18). The zero-order valence-electron chi connectivity index (χ0n) is 11.6. The van der Waals surface area contributed by atoms with Crippen molar-refractivity contribution in [1.82, 2.24) is 5.32 Å². The maximum atomic E-state index is 12.2. The summed E-state index contributed by atoms with van der Waals surface area (Å²) in [6.45, 7) is 6.16. The molecule has 2 rings (SSSR count). The van der Waals surface area contributed by atoms with Crippen molar-refractivity contribution >= 4 is 23.4 Å². The predicted molar refractivity (Wildman–Crippen MR) is 82.8 cm³/mol. The van der Waals surface area contributed by atoms with Crippen LogP contribution < -0.4 is 10.6 Å². The molecule has 1 fully saturated rings. The van der Waals surface area contributed by atoms with Crippen molar-refractivity contribution in [2.45, 2.75) is 37.2 Å². The Morgan fingerprint density at radius 3 is 2.74 bits per heavy atom. The maximum absolute atomic E-state index is 12.2. The lowest BCUT2D eigenvalue weighted by atomic mass is 10.2. The molecule has 4 heteroatoms. The number of benzene rings is 1. The first-order valence-corrected chi connectivity index (χ1v) is 7.84. The van der Waals surface area contributed by atoms with Crippen LogP contribution in [0.2, 0.25) is 0 Å². The molecule has 1 aliphatic heterocycles. The molecule has 1 atom stereocenters. The van der Waals surface area contributed by atoms with Crippen molar-refractivity contribution in [3.8, 4) is 0 Å². The fourth-order valence-corrected chi connectivity index (χ4v) is 3.50. The summed E-state index contributed by atoms with van der Waals surface area (Å²) >= 11 is 1.80. The molecule has 1 aromatic rings. The smallest absolute Gasteiger partial charge is 0.237 e. The number of carbonyl (C=O) groups excluding carboxylic acids is 1. The van der Waals surface area contributed by atoms with Crippen LogP contribution >= 0.6 is 11.8 Å². The van der Waals surface area contributed by atoms with Gasteiger partial charge in [-0.15, -0.1) is 11.8 Å². The zero-order valence-corrected chi connectivity index (χ0v) is 12.4. The second kappa shape index (κ2) is 6.96. The van der Waals surface area contributed by atoms with Gasteiger partial charge in [-0.3, -0.25) is 4.79 Å². The van der Waals surface area contributed by atoms with Gasteiger partial charge in [-0.05, 0) is 51.4 Å². The number of anilines is 1. The summed E-state index contributed by atoms with van der Waals surface area (Å²) in [6.07, 6.45) is 2.32. The molecule has 0 saturated carbocycles. The van der Waals surface area contributed by atoms with E-state index < -0.39 is 0 Å². The summed E-state index contributed by atoms with van der Waals surface area (Å²) in [7, 11) is 0. The van der Waals surface area contributed by atoms with Gasteiger partial charge in [0.2, 0.25) is 5.91 Å². The SMILES string of the molecule is Cc1ccccc1NC(=O)C(C)SC1CCNCC1. The summed E-state index contributed by atoms with van der Waals surface area (Å²) in [4.78, 5) is 12.2. The first-order chi connectivity index (χ1) is 9.16. The molecule has 0 radical (unpaired) electrons. The largest absolute Gasteiger partial charge is 0.325 e. The topological polar surface area (TPSA) is 41.1 Å². The van der Waals surface area contributed by atoms with Crippen LogP contribution in [0.25, 0.3) is 0 Å². The number of aryl methyl sites for hydroxylation is 1. The molecule has 3 nitrogen and oxygen atoms in total. The van der Waals surface area contributed by atoms with Gasteiger partial charge >= 0.3 is 0 Å². The lowest BCUT2D eigenvalue weighted by Crippen LogP contribution is -2.32. The Morgan fingerprint density at radius 2 is 2.05 bits per heavy atom. The summed E-state index contributed by atoms with van der Waals surface area (Å²) in [5, 5.41) is 6.99. The van der Waals surface area contributed by atoms with Crippen LogP contribution in [0.5, 0.6) is 0 Å². The Kier molecular flexibility index (Phi) is 5.28. The van der Waals surface area contributed by atoms with Gasteiger partial charge in [0.1, 0.15) is 0 Å². The van der Waals surface area contributed by atoms with Crippen LogP contribution in [-0.4, -0.2) is 29.5 Å². The highest BCUT2D eigenvalue weighted by Crippen LogP contribution is 2.26. The monoisotopic (exact) mass is 278 g/mol. The molecular weight excluding hydrogens is 256 g/mol. The van der Waals surface area contributed by atoms with Gasteiger partial charge in [0.05, 0.1) is 5.25 Å². The van der Waals surface area contributed by atoms with E-state index in [0.29, 0.717) is 5.25 Å². The molecule has 0 spiro atoms. The van der Waals surface area contributed by atoms with Crippen LogP contribution in [0.1, 0.15) is 25.3 Å². The van der Waals surface area contributed by atoms with Crippen molar-refractivity contribution in [2.75, 3.05) is 18.4 Å². The summed E-state index contributed by atoms with van der Waals surface area (Å²) < 4.78 is 0. The Hall–Kier alpha value is -1.000. The molecule has 1 aliphatic rings. The van der Waals surface area contributed by atoms with E-state index in [9.17, 15) is 4.79 Å². The van der Waals surface area contributed by atoms with E-state index in [1.807, 2.05) is 38.1 Å². The third-order valence-corrected chi connectivity index (χ3v) is 4.93. The van der Waals surface area contributed by atoms with Gasteiger partial charge in [0, 0.05) is 10.9 Å². The number of nitrogens with one attached hydrogen (secondary N) is 2. The lowest BCUT2D eigenvalue weighted by Gasteiger charge is -2.24. The normalized spacial score (nSPS) is 18.0. The van der Waals surface area contributed by atoms with Crippen molar-refractivity contribution in [2.24, 2.45) is 0 Å². The van der Waals surface area contributed by atoms with Crippen molar-refractivity contribution < 1.29 is 4.79 Å². The average Bonchev–Trinajstić information content (AvgIpc) is 2.42. The van der Waals surface area contributed by atoms with Gasteiger partial charge in [0.15, 0.2) is 0 Å². The lowest BCUT2D eigenvalue weighted by molar-refractivity contribution is -0.115. The molecule has 1 heterocycles. The van der Waals surface area contributed by atoms with E-state index in [2.05, 4.69) is 10.6 Å². The van der Waals surface area contributed by atoms with Gasteiger partial charge in [-0.25, -0.2) is 0 Å². The van der Waals surface area contributed by atoms with E-state index in [1.54, 1.807) is 11.8 Å². The van der Waals surface area contributed by atoms with E-state index in [1.165, 1.54) is 0 Å². The molecule has 0 aliphatic carbocycles. The van der Waals surface area contributed by atoms with E-state index in [4.69, 9.17) is 0 Å². The molecule has 1 amide bonds. The number of hydrogen-bond acceptors (Lipinski definition) is 3. The number of piperidine rings is 1. The number of para-hydroxylation sites is 1. The molecule has 104 valence electrons. The van der Waals surface area contributed by atoms with Crippen molar-refractivity contribution in [1.29, 1.82) is 0 Å². The molecule has 1 saturated heterocycles. The summed E-state index contributed by atoms with van der Waals surface area (Å²) in [6, 6.07) is 7.90. The van der Waals surface area contributed by atoms with Crippen molar-refractivity contribution in [3.63, 3.8) is 0 Å². The third kappa shape index (κ3) is 4.25. The van der Waals surface area contributed by atoms with Crippen LogP contribution in [0, 0.1) is 6.92 Å². The zero-order chi connectivity index (χ0) is 13.7. The number of thioether (sulfide) groups is 1. The highest BCUT2D eigenvalue weighted by molar-refractivity contribution is 8.01. The molecule has 1 aromatic carbocycles. The minimum absolute atomic E-state index is 0.00251. The van der Waals surface area contributed by atoms with E-state index in [-0.39, 0.29) is 11.2 Å². The van der Waals surface area contributed by atoms with Gasteiger partial charge in [0.25, 0.3) is 0 Å². The third-order valence-electron chi connectivity index (χ3n) is 3.45. The minimum Gasteiger partial charge on any atom is -0.325 e. The van der Waals surface area contributed by atoms with E-state index >= 15 is 0 Å². The fraction of sp³-hybridized carbons (Fsp3) is 0.533. The molecule has 0 aromatic heterocycles. The average molecular weight is 278 g/mol. The first kappa shape index (κ1) is 14.4. The Morgan fingerprint density at radius 1 is 1.37 bits per heavy atom. The van der Waals surface area contributed by atoms with Gasteiger partial charge in [-0.1, -0.05) is 18.2 Å². The fourth-order valence-electron chi connectivity index (χ4n) is 2.23. The molecule has 0 bridgehead atoms. The quantitative estimate of drug-likeness (QED) is 0.890. The Bertz CT molecular complexity index is 430. The number of hydrogen-bond donors (Lipinski definition) is 2. The van der Waals surface area contributed by atoms with Crippen LogP contribution in [-0.2, 0) is 4.79 Å². The highest BCUT2D eigenvalue weighted by atomic mass is 32.2. The molecule has 19 heavy (non-hydrogen) atoms. The summed E-state index contributed by atoms with van der Waals surface area (Å²) in [5.41, 5.74) is 2.03. The first-order valence-electron chi connectivity index (χ1n) is 6.89. The van der Waals surface area contributed by atoms with Crippen LogP contribution in [0.15, 0.2) is 24.3 Å². The van der Waals surface area contributed by atoms with Gasteiger partial charge in [-0.2, -0.15) is 0 Å². The van der Waals surface area contributed by atoms with Crippen LogP contribution in [0.4, 0.5) is 5.69 Å². The summed E-state index contributed by atoms with van der Waals surface area (Å²) in [5.74, 6) is 0.109. The number of carbonyl (C=O) groups is 1. The van der Waals surface area contributed by atoms with E-state index in [0.717, 1.165) is 37.2 Å². The van der Waals surface area contributed by atoms with Crippen LogP contribution in [0.3, 0.4) is 0 Å². The predicted octanol–water partition coefficient (Wildman–Crippen LogP) is 2.81. The second-order valence-electron chi connectivity index (χ2n) is 5.03.